The topological polar surface area (TPSA) is 70.0 Å². The summed E-state index contributed by atoms with van der Waals surface area (Å²) < 4.78 is 25.2. The molecule has 0 aromatic heterocycles. The van der Waals surface area contributed by atoms with Crippen LogP contribution in [0.3, 0.4) is 0 Å². The molecule has 4 nitrogen and oxygen atoms in total. The third kappa shape index (κ3) is 4.00. The Morgan fingerprint density at radius 3 is 2.80 bits per heavy atom. The van der Waals surface area contributed by atoms with Gasteiger partial charge in [-0.25, -0.2) is 8.42 Å². The van der Waals surface area contributed by atoms with Crippen molar-refractivity contribution in [2.45, 2.75) is 13.3 Å². The Hall–Kier alpha value is -1.54. The van der Waals surface area contributed by atoms with Crippen molar-refractivity contribution in [1.29, 1.82) is 5.26 Å². The van der Waals surface area contributed by atoms with Gasteiger partial charge in [0.2, 0.25) is 10.0 Å². The van der Waals surface area contributed by atoms with Gasteiger partial charge in [0.25, 0.3) is 0 Å². The Labute approximate surface area is 89.6 Å². The Kier molecular flexibility index (Phi) is 3.69. The van der Waals surface area contributed by atoms with Gasteiger partial charge >= 0.3 is 0 Å². The number of hydrogen-bond acceptors (Lipinski definition) is 3. The standard InChI is InChI=1S/C10H12N2O2S/c1-9-4-2-5-10(8-9)12-15(13,14)7-3-6-11/h2,4-5,8,12H,3,7H2,1H3. The second-order valence-corrected chi connectivity index (χ2v) is 5.04. The van der Waals surface area contributed by atoms with Crippen LogP contribution in [0, 0.1) is 18.3 Å². The van der Waals surface area contributed by atoms with Gasteiger partial charge in [-0.2, -0.15) is 5.26 Å². The second-order valence-electron chi connectivity index (χ2n) is 3.20. The Morgan fingerprint density at radius 1 is 1.47 bits per heavy atom. The van der Waals surface area contributed by atoms with Crippen LogP contribution in [0.25, 0.3) is 0 Å². The smallest absolute Gasteiger partial charge is 0.233 e. The number of nitriles is 1. The zero-order valence-electron chi connectivity index (χ0n) is 8.40. The van der Waals surface area contributed by atoms with Crippen molar-refractivity contribution in [3.8, 4) is 6.07 Å². The quantitative estimate of drug-likeness (QED) is 0.845. The normalized spacial score (nSPS) is 10.7. The zero-order valence-corrected chi connectivity index (χ0v) is 9.21. The fourth-order valence-electron chi connectivity index (χ4n) is 1.12. The monoisotopic (exact) mass is 224 g/mol. The number of hydrogen-bond donors (Lipinski definition) is 1. The lowest BCUT2D eigenvalue weighted by Crippen LogP contribution is -2.16. The molecule has 0 fully saturated rings. The van der Waals surface area contributed by atoms with Crippen molar-refractivity contribution in [2.75, 3.05) is 10.5 Å². The van der Waals surface area contributed by atoms with E-state index in [1.54, 1.807) is 24.3 Å². The van der Waals surface area contributed by atoms with Gasteiger partial charge in [-0.3, -0.25) is 4.72 Å². The van der Waals surface area contributed by atoms with Crippen LogP contribution in [0.15, 0.2) is 24.3 Å². The van der Waals surface area contributed by atoms with Crippen LogP contribution in [0.2, 0.25) is 0 Å². The van der Waals surface area contributed by atoms with Crippen LogP contribution in [0.5, 0.6) is 0 Å². The molecule has 0 atom stereocenters. The molecule has 1 aromatic rings. The zero-order chi connectivity index (χ0) is 11.3. The van der Waals surface area contributed by atoms with E-state index in [2.05, 4.69) is 4.72 Å². The summed E-state index contributed by atoms with van der Waals surface area (Å²) in [6.07, 6.45) is 0.00114. The highest BCUT2D eigenvalue weighted by atomic mass is 32.2. The van der Waals surface area contributed by atoms with Crippen molar-refractivity contribution < 1.29 is 8.42 Å². The van der Waals surface area contributed by atoms with Crippen molar-refractivity contribution in [3.63, 3.8) is 0 Å². The molecule has 0 radical (unpaired) electrons. The first kappa shape index (κ1) is 11.5. The molecule has 0 unspecified atom stereocenters. The van der Waals surface area contributed by atoms with E-state index in [1.165, 1.54) is 0 Å². The van der Waals surface area contributed by atoms with Gasteiger partial charge in [-0.05, 0) is 24.6 Å². The maximum atomic E-state index is 11.4. The molecule has 0 bridgehead atoms. The molecule has 0 aliphatic heterocycles. The van der Waals surface area contributed by atoms with E-state index in [-0.39, 0.29) is 12.2 Å². The maximum Gasteiger partial charge on any atom is 0.233 e. The van der Waals surface area contributed by atoms with E-state index >= 15 is 0 Å². The van der Waals surface area contributed by atoms with Gasteiger partial charge in [0.15, 0.2) is 0 Å². The lowest BCUT2D eigenvalue weighted by atomic mass is 10.2. The summed E-state index contributed by atoms with van der Waals surface area (Å²) in [5.74, 6) is -0.169. The van der Waals surface area contributed by atoms with Crippen molar-refractivity contribution in [2.24, 2.45) is 0 Å². The molecule has 1 N–H and O–H groups in total. The first-order valence-corrected chi connectivity index (χ1v) is 6.13. The molecule has 0 aliphatic carbocycles. The molecule has 0 aliphatic rings. The third-order valence-electron chi connectivity index (χ3n) is 1.77. The van der Waals surface area contributed by atoms with Crippen LogP contribution in [0.4, 0.5) is 5.69 Å². The minimum atomic E-state index is -3.39. The largest absolute Gasteiger partial charge is 0.284 e. The SMILES string of the molecule is Cc1cccc(NS(=O)(=O)CCC#N)c1. The van der Waals surface area contributed by atoms with Gasteiger partial charge in [0.05, 0.1) is 18.2 Å². The number of aryl methyl sites for hydroxylation is 1. The maximum absolute atomic E-state index is 11.4. The molecule has 80 valence electrons. The van der Waals surface area contributed by atoms with Gasteiger partial charge < -0.3 is 0 Å². The third-order valence-corrected chi connectivity index (χ3v) is 3.06. The van der Waals surface area contributed by atoms with Crippen LogP contribution in [0.1, 0.15) is 12.0 Å². The Morgan fingerprint density at radius 2 is 2.20 bits per heavy atom. The predicted octanol–water partition coefficient (Wildman–Crippen LogP) is 1.65. The number of nitrogens with one attached hydrogen (secondary N) is 1. The highest BCUT2D eigenvalue weighted by Crippen LogP contribution is 2.11. The lowest BCUT2D eigenvalue weighted by molar-refractivity contribution is 0.601. The van der Waals surface area contributed by atoms with Crippen LogP contribution in [-0.4, -0.2) is 14.2 Å². The molecule has 0 amide bonds. The Balaban J connectivity index is 2.74. The summed E-state index contributed by atoms with van der Waals surface area (Å²) in [5, 5.41) is 8.30. The number of rotatable bonds is 4. The first-order chi connectivity index (χ1) is 7.03. The highest BCUT2D eigenvalue weighted by Gasteiger charge is 2.09. The molecule has 0 saturated carbocycles. The first-order valence-electron chi connectivity index (χ1n) is 4.47. The molecule has 1 rings (SSSR count). The summed E-state index contributed by atoms with van der Waals surface area (Å²) in [4.78, 5) is 0. The van der Waals surface area contributed by atoms with E-state index in [0.29, 0.717) is 5.69 Å². The second kappa shape index (κ2) is 4.80. The predicted molar refractivity (Wildman–Crippen MR) is 58.8 cm³/mol. The average Bonchev–Trinajstić information content (AvgIpc) is 2.14. The van der Waals surface area contributed by atoms with E-state index in [4.69, 9.17) is 5.26 Å². The summed E-state index contributed by atoms with van der Waals surface area (Å²) in [5.41, 5.74) is 1.52. The fourth-order valence-corrected chi connectivity index (χ4v) is 2.07. The molecule has 15 heavy (non-hydrogen) atoms. The van der Waals surface area contributed by atoms with Crippen molar-refractivity contribution in [1.82, 2.24) is 0 Å². The summed E-state index contributed by atoms with van der Waals surface area (Å²) in [6.45, 7) is 1.88. The molecular formula is C10H12N2O2S. The molecule has 5 heteroatoms. The van der Waals surface area contributed by atoms with E-state index in [1.807, 2.05) is 13.0 Å². The van der Waals surface area contributed by atoms with Crippen LogP contribution in [-0.2, 0) is 10.0 Å². The molecular weight excluding hydrogens is 212 g/mol. The number of nitrogens with zero attached hydrogens (tertiary/aromatic N) is 1. The van der Waals surface area contributed by atoms with Crippen LogP contribution >= 0.6 is 0 Å². The summed E-state index contributed by atoms with van der Waals surface area (Å²) >= 11 is 0. The van der Waals surface area contributed by atoms with E-state index in [0.717, 1.165) is 5.56 Å². The van der Waals surface area contributed by atoms with Gasteiger partial charge in [-0.15, -0.1) is 0 Å². The minimum Gasteiger partial charge on any atom is -0.284 e. The Bertz CT molecular complexity index is 474. The highest BCUT2D eigenvalue weighted by molar-refractivity contribution is 7.92. The molecule has 0 spiro atoms. The van der Waals surface area contributed by atoms with E-state index < -0.39 is 10.0 Å². The van der Waals surface area contributed by atoms with Crippen molar-refractivity contribution in [3.05, 3.63) is 29.8 Å². The molecule has 1 aromatic carbocycles. The summed E-state index contributed by atoms with van der Waals surface area (Å²) in [7, 11) is -3.39. The number of anilines is 1. The van der Waals surface area contributed by atoms with Crippen molar-refractivity contribution >= 4 is 15.7 Å². The van der Waals surface area contributed by atoms with Crippen LogP contribution < -0.4 is 4.72 Å². The van der Waals surface area contributed by atoms with Gasteiger partial charge in [0, 0.05) is 5.69 Å². The summed E-state index contributed by atoms with van der Waals surface area (Å²) in [6, 6.07) is 8.88. The number of benzene rings is 1. The van der Waals surface area contributed by atoms with E-state index in [9.17, 15) is 8.42 Å². The number of sulfonamides is 1. The molecule has 0 heterocycles. The minimum absolute atomic E-state index is 0.00114. The molecule has 0 saturated heterocycles. The van der Waals surface area contributed by atoms with Gasteiger partial charge in [-0.1, -0.05) is 12.1 Å². The average molecular weight is 224 g/mol. The fraction of sp³-hybridized carbons (Fsp3) is 0.300. The van der Waals surface area contributed by atoms with Gasteiger partial charge in [0.1, 0.15) is 0 Å². The lowest BCUT2D eigenvalue weighted by Gasteiger charge is -2.06.